The molecule has 1 saturated heterocycles. The average molecular weight is 401 g/mol. The van der Waals surface area contributed by atoms with Crippen LogP contribution in [0.1, 0.15) is 30.4 Å². The highest BCUT2D eigenvalue weighted by molar-refractivity contribution is 7.89. The van der Waals surface area contributed by atoms with Gasteiger partial charge in [-0.05, 0) is 50.3 Å². The van der Waals surface area contributed by atoms with Crippen LogP contribution in [-0.4, -0.2) is 37.5 Å². The minimum Gasteiger partial charge on any atom is -0.326 e. The van der Waals surface area contributed by atoms with E-state index in [0.29, 0.717) is 32.4 Å². The van der Waals surface area contributed by atoms with Crippen LogP contribution in [0.25, 0.3) is 0 Å². The lowest BCUT2D eigenvalue weighted by Crippen LogP contribution is -2.42. The van der Waals surface area contributed by atoms with E-state index in [1.54, 1.807) is 4.31 Å². The van der Waals surface area contributed by atoms with E-state index < -0.39 is 10.0 Å². The standard InChI is InChI=1S/C22H28N2O3S/c1-18-9-11-21(12-10-18)23-22(25)20-13-15-24(16-14-20)28(26,27)17-5-8-19-6-3-2-4-7-19/h2-4,6-7,9-12,20H,5,8,13-17H2,1H3,(H,23,25). The molecule has 0 unspecified atom stereocenters. The number of nitrogens with one attached hydrogen (secondary N) is 1. The first kappa shape index (κ1) is 20.6. The molecule has 0 radical (unpaired) electrons. The van der Waals surface area contributed by atoms with Crippen LogP contribution in [0.2, 0.25) is 0 Å². The van der Waals surface area contributed by atoms with Crippen LogP contribution >= 0.6 is 0 Å². The minimum atomic E-state index is -3.26. The van der Waals surface area contributed by atoms with Crippen LogP contribution in [0.15, 0.2) is 54.6 Å². The highest BCUT2D eigenvalue weighted by Gasteiger charge is 2.30. The van der Waals surface area contributed by atoms with E-state index in [0.717, 1.165) is 23.2 Å². The molecule has 28 heavy (non-hydrogen) atoms. The summed E-state index contributed by atoms with van der Waals surface area (Å²) in [7, 11) is -3.26. The molecule has 6 heteroatoms. The van der Waals surface area contributed by atoms with Crippen molar-refractivity contribution in [2.24, 2.45) is 5.92 Å². The first-order valence-corrected chi connectivity index (χ1v) is 11.4. The Morgan fingerprint density at radius 3 is 2.32 bits per heavy atom. The number of carbonyl (C=O) groups excluding carboxylic acids is 1. The van der Waals surface area contributed by atoms with Gasteiger partial charge in [0.15, 0.2) is 0 Å². The fourth-order valence-electron chi connectivity index (χ4n) is 3.51. The summed E-state index contributed by atoms with van der Waals surface area (Å²) in [4.78, 5) is 12.5. The normalized spacial score (nSPS) is 16.0. The smallest absolute Gasteiger partial charge is 0.227 e. The second kappa shape index (κ2) is 9.34. The van der Waals surface area contributed by atoms with Gasteiger partial charge in [0.2, 0.25) is 15.9 Å². The zero-order valence-corrected chi connectivity index (χ0v) is 17.1. The molecule has 1 aliphatic heterocycles. The number of piperidine rings is 1. The van der Waals surface area contributed by atoms with Crippen LogP contribution < -0.4 is 5.32 Å². The lowest BCUT2D eigenvalue weighted by molar-refractivity contribution is -0.120. The number of anilines is 1. The van der Waals surface area contributed by atoms with Gasteiger partial charge >= 0.3 is 0 Å². The van der Waals surface area contributed by atoms with E-state index in [2.05, 4.69) is 5.32 Å². The molecule has 3 rings (SSSR count). The van der Waals surface area contributed by atoms with Crippen molar-refractivity contribution in [1.29, 1.82) is 0 Å². The number of sulfonamides is 1. The third-order valence-electron chi connectivity index (χ3n) is 5.25. The van der Waals surface area contributed by atoms with Gasteiger partial charge < -0.3 is 5.32 Å². The minimum absolute atomic E-state index is 0.0232. The van der Waals surface area contributed by atoms with E-state index >= 15 is 0 Å². The van der Waals surface area contributed by atoms with Gasteiger partial charge in [0.05, 0.1) is 5.75 Å². The van der Waals surface area contributed by atoms with Crippen molar-refractivity contribution in [3.8, 4) is 0 Å². The highest BCUT2D eigenvalue weighted by Crippen LogP contribution is 2.22. The average Bonchev–Trinajstić information content (AvgIpc) is 2.70. The summed E-state index contributed by atoms with van der Waals surface area (Å²) < 4.78 is 26.8. The fraction of sp³-hybridized carbons (Fsp3) is 0.409. The van der Waals surface area contributed by atoms with Gasteiger partial charge in [-0.2, -0.15) is 0 Å². The fourth-order valence-corrected chi connectivity index (χ4v) is 5.04. The number of hydrogen-bond donors (Lipinski definition) is 1. The molecule has 1 fully saturated rings. The maximum atomic E-state index is 12.6. The maximum Gasteiger partial charge on any atom is 0.227 e. The Morgan fingerprint density at radius 1 is 1.04 bits per heavy atom. The number of nitrogens with zero attached hydrogens (tertiary/aromatic N) is 1. The molecule has 0 atom stereocenters. The summed E-state index contributed by atoms with van der Waals surface area (Å²) in [5.41, 5.74) is 3.08. The third-order valence-corrected chi connectivity index (χ3v) is 7.20. The molecule has 1 N–H and O–H groups in total. The Bertz CT molecular complexity index is 872. The Morgan fingerprint density at radius 2 is 1.68 bits per heavy atom. The molecule has 2 aromatic carbocycles. The topological polar surface area (TPSA) is 66.5 Å². The maximum absolute atomic E-state index is 12.6. The lowest BCUT2D eigenvalue weighted by atomic mass is 9.97. The Hall–Kier alpha value is -2.18. The van der Waals surface area contributed by atoms with Crippen molar-refractivity contribution in [1.82, 2.24) is 4.31 Å². The summed E-state index contributed by atoms with van der Waals surface area (Å²) in [5, 5.41) is 2.94. The zero-order chi connectivity index (χ0) is 20.0. The predicted octanol–water partition coefficient (Wildman–Crippen LogP) is 3.61. The quantitative estimate of drug-likeness (QED) is 0.772. The molecule has 0 spiro atoms. The first-order valence-electron chi connectivity index (χ1n) is 9.83. The van der Waals surface area contributed by atoms with E-state index in [9.17, 15) is 13.2 Å². The molecule has 1 heterocycles. The summed E-state index contributed by atoms with van der Waals surface area (Å²) in [6.07, 6.45) is 2.50. The van der Waals surface area contributed by atoms with Gasteiger partial charge in [-0.25, -0.2) is 12.7 Å². The summed E-state index contributed by atoms with van der Waals surface area (Å²) in [6.45, 7) is 2.83. The van der Waals surface area contributed by atoms with Crippen molar-refractivity contribution >= 4 is 21.6 Å². The third kappa shape index (κ3) is 5.66. The number of benzene rings is 2. The highest BCUT2D eigenvalue weighted by atomic mass is 32.2. The summed E-state index contributed by atoms with van der Waals surface area (Å²) >= 11 is 0. The number of hydrogen-bond acceptors (Lipinski definition) is 3. The first-order chi connectivity index (χ1) is 13.4. The van der Waals surface area contributed by atoms with E-state index in [1.807, 2.05) is 61.5 Å². The van der Waals surface area contributed by atoms with Crippen LogP contribution in [-0.2, 0) is 21.2 Å². The SMILES string of the molecule is Cc1ccc(NC(=O)C2CCN(S(=O)(=O)CCCc3ccccc3)CC2)cc1. The van der Waals surface area contributed by atoms with Crippen molar-refractivity contribution in [2.45, 2.75) is 32.6 Å². The predicted molar refractivity (Wildman–Crippen MR) is 113 cm³/mol. The second-order valence-corrected chi connectivity index (χ2v) is 9.52. The number of amides is 1. The van der Waals surface area contributed by atoms with Gasteiger partial charge in [-0.3, -0.25) is 4.79 Å². The Kier molecular flexibility index (Phi) is 6.86. The second-order valence-electron chi connectivity index (χ2n) is 7.43. The van der Waals surface area contributed by atoms with E-state index in [4.69, 9.17) is 0 Å². The van der Waals surface area contributed by atoms with Gasteiger partial charge in [-0.1, -0.05) is 48.0 Å². The molecule has 0 saturated carbocycles. The van der Waals surface area contributed by atoms with Crippen molar-refractivity contribution in [2.75, 3.05) is 24.2 Å². The summed E-state index contributed by atoms with van der Waals surface area (Å²) in [5.74, 6) is -0.00988. The number of carbonyl (C=O) groups is 1. The van der Waals surface area contributed by atoms with Gasteiger partial charge in [0.1, 0.15) is 0 Å². The summed E-state index contributed by atoms with van der Waals surface area (Å²) in [6, 6.07) is 17.6. The molecule has 0 bridgehead atoms. The molecular weight excluding hydrogens is 372 g/mol. The van der Waals surface area contributed by atoms with E-state index in [1.165, 1.54) is 0 Å². The van der Waals surface area contributed by atoms with Crippen LogP contribution in [0.5, 0.6) is 0 Å². The number of rotatable bonds is 7. The monoisotopic (exact) mass is 400 g/mol. The lowest BCUT2D eigenvalue weighted by Gasteiger charge is -2.30. The van der Waals surface area contributed by atoms with Gasteiger partial charge in [0, 0.05) is 24.7 Å². The molecule has 0 aliphatic carbocycles. The van der Waals surface area contributed by atoms with Crippen molar-refractivity contribution in [3.05, 3.63) is 65.7 Å². The molecule has 0 aromatic heterocycles. The van der Waals surface area contributed by atoms with E-state index in [-0.39, 0.29) is 17.6 Å². The van der Waals surface area contributed by atoms with Gasteiger partial charge in [-0.15, -0.1) is 0 Å². The molecule has 150 valence electrons. The Labute approximate surface area is 167 Å². The molecule has 1 amide bonds. The van der Waals surface area contributed by atoms with Crippen molar-refractivity contribution < 1.29 is 13.2 Å². The Balaban J connectivity index is 1.45. The van der Waals surface area contributed by atoms with Crippen LogP contribution in [0, 0.1) is 12.8 Å². The molecule has 2 aromatic rings. The number of aryl methyl sites for hydroxylation is 2. The van der Waals surface area contributed by atoms with Crippen LogP contribution in [0.3, 0.4) is 0 Å². The molecule has 1 aliphatic rings. The van der Waals surface area contributed by atoms with Crippen LogP contribution in [0.4, 0.5) is 5.69 Å². The van der Waals surface area contributed by atoms with Crippen molar-refractivity contribution in [3.63, 3.8) is 0 Å². The zero-order valence-electron chi connectivity index (χ0n) is 16.3. The molecular formula is C22H28N2O3S. The largest absolute Gasteiger partial charge is 0.326 e. The molecule has 5 nitrogen and oxygen atoms in total. The van der Waals surface area contributed by atoms with Gasteiger partial charge in [0.25, 0.3) is 0 Å².